The Morgan fingerprint density at radius 1 is 1.21 bits per heavy atom. The number of fused-ring (bicyclic) bond motifs is 2. The molecular formula is C19H17FN6O3. The van der Waals surface area contributed by atoms with Gasteiger partial charge in [0.2, 0.25) is 5.95 Å². The molecule has 4 aromatic rings. The maximum Gasteiger partial charge on any atom is 0.327 e. The van der Waals surface area contributed by atoms with E-state index in [2.05, 4.69) is 19.9 Å². The molecule has 1 aromatic carbocycles. The maximum absolute atomic E-state index is 13.7. The molecule has 9 nitrogen and oxygen atoms in total. The van der Waals surface area contributed by atoms with E-state index in [1.807, 2.05) is 0 Å². The summed E-state index contributed by atoms with van der Waals surface area (Å²) in [5.41, 5.74) is 1.77. The third-order valence-electron chi connectivity index (χ3n) is 5.58. The fraction of sp³-hybridized carbons (Fsp3) is 0.316. The number of imidazole rings is 2. The highest BCUT2D eigenvalue weighted by atomic mass is 19.1. The van der Waals surface area contributed by atoms with E-state index < -0.39 is 11.8 Å². The van der Waals surface area contributed by atoms with Crippen molar-refractivity contribution in [3.05, 3.63) is 47.0 Å². The van der Waals surface area contributed by atoms with Crippen LogP contribution in [-0.2, 0) is 4.79 Å². The number of aromatic nitrogens is 6. The molecule has 10 heteroatoms. The molecule has 1 aliphatic rings. The number of carbonyl (C=O) groups is 1. The highest BCUT2D eigenvalue weighted by molar-refractivity contribution is 5.77. The zero-order valence-corrected chi connectivity index (χ0v) is 15.2. The van der Waals surface area contributed by atoms with Crippen molar-refractivity contribution in [1.29, 1.82) is 0 Å². The lowest BCUT2D eigenvalue weighted by Crippen LogP contribution is -2.28. The van der Waals surface area contributed by atoms with Crippen molar-refractivity contribution in [2.75, 3.05) is 0 Å². The molecule has 1 fully saturated rings. The Bertz CT molecular complexity index is 1300. The molecule has 0 amide bonds. The van der Waals surface area contributed by atoms with Gasteiger partial charge in [-0.2, -0.15) is 4.98 Å². The van der Waals surface area contributed by atoms with Gasteiger partial charge in [-0.15, -0.1) is 0 Å². The van der Waals surface area contributed by atoms with Gasteiger partial charge in [0.05, 0.1) is 23.1 Å². The molecule has 0 saturated heterocycles. The highest BCUT2D eigenvalue weighted by Crippen LogP contribution is 2.33. The van der Waals surface area contributed by atoms with Crippen LogP contribution < -0.4 is 5.69 Å². The molecule has 0 radical (unpaired) electrons. The lowest BCUT2D eigenvalue weighted by Gasteiger charge is -2.26. The largest absolute Gasteiger partial charge is 0.481 e. The number of halogens is 1. The van der Waals surface area contributed by atoms with E-state index in [0.29, 0.717) is 47.9 Å². The number of aliphatic carboxylic acids is 1. The van der Waals surface area contributed by atoms with Crippen LogP contribution in [0.2, 0.25) is 0 Å². The molecule has 5 rings (SSSR count). The van der Waals surface area contributed by atoms with E-state index in [0.717, 1.165) is 0 Å². The summed E-state index contributed by atoms with van der Waals surface area (Å²) in [5, 5.41) is 9.20. The van der Waals surface area contributed by atoms with Crippen molar-refractivity contribution in [2.24, 2.45) is 5.92 Å². The van der Waals surface area contributed by atoms with Gasteiger partial charge >= 0.3 is 11.7 Å². The van der Waals surface area contributed by atoms with Crippen LogP contribution in [-0.4, -0.2) is 40.1 Å². The van der Waals surface area contributed by atoms with Gasteiger partial charge in [-0.25, -0.2) is 19.2 Å². The van der Waals surface area contributed by atoms with Crippen molar-refractivity contribution >= 4 is 28.2 Å². The van der Waals surface area contributed by atoms with Gasteiger partial charge in [0, 0.05) is 12.1 Å². The Balaban J connectivity index is 1.58. The average Bonchev–Trinajstić information content (AvgIpc) is 3.27. The van der Waals surface area contributed by atoms with Gasteiger partial charge in [-0.3, -0.25) is 13.9 Å². The van der Waals surface area contributed by atoms with Crippen molar-refractivity contribution < 1.29 is 14.3 Å². The quantitative estimate of drug-likeness (QED) is 0.549. The number of hydrogen-bond acceptors (Lipinski definition) is 5. The minimum atomic E-state index is -0.793. The van der Waals surface area contributed by atoms with E-state index in [1.165, 1.54) is 24.7 Å². The fourth-order valence-electron chi connectivity index (χ4n) is 4.08. The van der Waals surface area contributed by atoms with Crippen LogP contribution in [0.25, 0.3) is 28.1 Å². The number of H-pyrrole nitrogens is 1. The molecule has 0 bridgehead atoms. The Hall–Kier alpha value is -3.56. The predicted octanol–water partition coefficient (Wildman–Crippen LogP) is 2.41. The molecule has 3 heterocycles. The summed E-state index contributed by atoms with van der Waals surface area (Å²) in [5.74, 6) is -1.28. The number of carboxylic acids is 1. The third-order valence-corrected chi connectivity index (χ3v) is 5.58. The number of nitrogens with zero attached hydrogens (tertiary/aromatic N) is 5. The number of carboxylic acid groups (broad SMARTS) is 1. The summed E-state index contributed by atoms with van der Waals surface area (Å²) in [6, 6.07) is 4.13. The second-order valence-corrected chi connectivity index (χ2v) is 7.30. The Kier molecular flexibility index (Phi) is 3.93. The van der Waals surface area contributed by atoms with Crippen molar-refractivity contribution in [3.63, 3.8) is 0 Å². The highest BCUT2D eigenvalue weighted by Gasteiger charge is 2.29. The first-order chi connectivity index (χ1) is 14.0. The van der Waals surface area contributed by atoms with Crippen molar-refractivity contribution in [1.82, 2.24) is 29.1 Å². The third kappa shape index (κ3) is 2.87. The van der Waals surface area contributed by atoms with Crippen molar-refractivity contribution in [2.45, 2.75) is 31.7 Å². The monoisotopic (exact) mass is 396 g/mol. The van der Waals surface area contributed by atoms with Crippen molar-refractivity contribution in [3.8, 4) is 5.95 Å². The van der Waals surface area contributed by atoms with Crippen LogP contribution in [0.1, 0.15) is 31.7 Å². The molecule has 0 atom stereocenters. The van der Waals surface area contributed by atoms with E-state index in [1.54, 1.807) is 15.2 Å². The zero-order valence-electron chi connectivity index (χ0n) is 15.2. The first-order valence-electron chi connectivity index (χ1n) is 9.34. The van der Waals surface area contributed by atoms with Crippen LogP contribution >= 0.6 is 0 Å². The van der Waals surface area contributed by atoms with Gasteiger partial charge in [0.25, 0.3) is 0 Å². The molecule has 0 aliphatic heterocycles. The first-order valence-corrected chi connectivity index (χ1v) is 9.34. The minimum Gasteiger partial charge on any atom is -0.481 e. The molecule has 148 valence electrons. The summed E-state index contributed by atoms with van der Waals surface area (Å²) in [4.78, 5) is 39.6. The van der Waals surface area contributed by atoms with E-state index in [-0.39, 0.29) is 23.6 Å². The average molecular weight is 396 g/mol. The SMILES string of the molecule is O=c1[nH]c2cnc(-n3cnc4ccc(F)cc43)nc2n1[C@H]1CC[C@H](C(=O)O)CC1. The Labute approximate surface area is 162 Å². The number of aromatic amines is 1. The maximum atomic E-state index is 13.7. The Morgan fingerprint density at radius 3 is 2.76 bits per heavy atom. The lowest BCUT2D eigenvalue weighted by molar-refractivity contribution is -0.143. The van der Waals surface area contributed by atoms with Gasteiger partial charge in [0.1, 0.15) is 17.7 Å². The van der Waals surface area contributed by atoms with Crippen LogP contribution in [0.3, 0.4) is 0 Å². The van der Waals surface area contributed by atoms with E-state index >= 15 is 0 Å². The fourth-order valence-corrected chi connectivity index (χ4v) is 4.08. The van der Waals surface area contributed by atoms with Gasteiger partial charge in [-0.05, 0) is 37.8 Å². The lowest BCUT2D eigenvalue weighted by atomic mass is 9.86. The standard InChI is InChI=1S/C19H17FN6O3/c20-11-3-6-13-15(7-11)25(9-22-13)18-21-8-14-16(24-18)26(19(29)23-14)12-4-1-10(2-5-12)17(27)28/h3,6-10,12H,1-2,4-5H2,(H,23,29)(H,27,28)/t10-,12-. The molecule has 29 heavy (non-hydrogen) atoms. The molecular weight excluding hydrogens is 379 g/mol. The van der Waals surface area contributed by atoms with Gasteiger partial charge < -0.3 is 10.1 Å². The zero-order chi connectivity index (χ0) is 20.1. The van der Waals surface area contributed by atoms with Crippen LogP contribution in [0.15, 0.2) is 35.5 Å². The molecule has 1 saturated carbocycles. The summed E-state index contributed by atoms with van der Waals surface area (Å²) in [6.45, 7) is 0. The summed E-state index contributed by atoms with van der Waals surface area (Å²) in [6.07, 6.45) is 5.23. The predicted molar refractivity (Wildman–Crippen MR) is 101 cm³/mol. The second-order valence-electron chi connectivity index (χ2n) is 7.30. The minimum absolute atomic E-state index is 0.133. The molecule has 0 spiro atoms. The topological polar surface area (TPSA) is 119 Å². The van der Waals surface area contributed by atoms with E-state index in [4.69, 9.17) is 0 Å². The van der Waals surface area contributed by atoms with Gasteiger partial charge in [-0.1, -0.05) is 0 Å². The number of rotatable bonds is 3. The molecule has 0 unspecified atom stereocenters. The van der Waals surface area contributed by atoms with Crippen LogP contribution in [0.5, 0.6) is 0 Å². The number of hydrogen-bond donors (Lipinski definition) is 2. The first kappa shape index (κ1) is 17.5. The molecule has 3 aromatic heterocycles. The van der Waals surface area contributed by atoms with Crippen LogP contribution in [0, 0.1) is 11.7 Å². The summed E-state index contributed by atoms with van der Waals surface area (Å²) < 4.78 is 16.8. The normalized spacial score (nSPS) is 19.8. The van der Waals surface area contributed by atoms with Gasteiger partial charge in [0.15, 0.2) is 5.65 Å². The van der Waals surface area contributed by atoms with E-state index in [9.17, 15) is 19.1 Å². The number of benzene rings is 1. The summed E-state index contributed by atoms with van der Waals surface area (Å²) in [7, 11) is 0. The second kappa shape index (κ2) is 6.50. The molecule has 1 aliphatic carbocycles. The number of nitrogens with one attached hydrogen (secondary N) is 1. The molecule has 2 N–H and O–H groups in total. The summed E-state index contributed by atoms with van der Waals surface area (Å²) >= 11 is 0. The van der Waals surface area contributed by atoms with Crippen LogP contribution in [0.4, 0.5) is 4.39 Å². The Morgan fingerprint density at radius 2 is 2.00 bits per heavy atom. The smallest absolute Gasteiger partial charge is 0.327 e.